The number of nitrogens with one attached hydrogen (secondary N) is 1. The molecule has 0 fully saturated rings. The lowest BCUT2D eigenvalue weighted by molar-refractivity contribution is -0.121. The summed E-state index contributed by atoms with van der Waals surface area (Å²) in [6.45, 7) is 2.95. The van der Waals surface area contributed by atoms with Crippen LogP contribution < -0.4 is 11.1 Å². The SMILES string of the molecule is CCNC(=O)CC(CN)c1ccccc1Cl. The van der Waals surface area contributed by atoms with Gasteiger partial charge in [0.15, 0.2) is 0 Å². The highest BCUT2D eigenvalue weighted by Crippen LogP contribution is 2.25. The van der Waals surface area contributed by atoms with Crippen molar-refractivity contribution >= 4 is 17.5 Å². The normalized spacial score (nSPS) is 12.2. The summed E-state index contributed by atoms with van der Waals surface area (Å²) in [6.07, 6.45) is 0.383. The van der Waals surface area contributed by atoms with Gasteiger partial charge in [-0.05, 0) is 25.1 Å². The molecule has 0 radical (unpaired) electrons. The van der Waals surface area contributed by atoms with Gasteiger partial charge in [-0.15, -0.1) is 0 Å². The molecule has 88 valence electrons. The Morgan fingerprint density at radius 1 is 1.50 bits per heavy atom. The highest BCUT2D eigenvalue weighted by atomic mass is 35.5. The Hall–Kier alpha value is -1.06. The minimum atomic E-state index is -0.0137. The van der Waals surface area contributed by atoms with Gasteiger partial charge in [-0.25, -0.2) is 0 Å². The standard InChI is InChI=1S/C12H17ClN2O/c1-2-15-12(16)7-9(8-14)10-5-3-4-6-11(10)13/h3-6,9H,2,7-8,14H2,1H3,(H,15,16). The number of carbonyl (C=O) groups is 1. The highest BCUT2D eigenvalue weighted by Gasteiger charge is 2.16. The number of hydrogen-bond donors (Lipinski definition) is 2. The maximum Gasteiger partial charge on any atom is 0.220 e. The first-order valence-electron chi connectivity index (χ1n) is 5.40. The summed E-state index contributed by atoms with van der Waals surface area (Å²) in [6, 6.07) is 7.50. The smallest absolute Gasteiger partial charge is 0.220 e. The highest BCUT2D eigenvalue weighted by molar-refractivity contribution is 6.31. The zero-order valence-electron chi connectivity index (χ0n) is 9.37. The molecule has 0 aliphatic heterocycles. The first kappa shape index (κ1) is 13.0. The molecular weight excluding hydrogens is 224 g/mol. The van der Waals surface area contributed by atoms with Crippen molar-refractivity contribution in [3.05, 3.63) is 34.9 Å². The van der Waals surface area contributed by atoms with Crippen molar-refractivity contribution in [1.82, 2.24) is 5.32 Å². The zero-order chi connectivity index (χ0) is 12.0. The molecule has 0 aliphatic rings. The van der Waals surface area contributed by atoms with Crippen LogP contribution in [0.4, 0.5) is 0 Å². The van der Waals surface area contributed by atoms with Crippen LogP contribution in [0.15, 0.2) is 24.3 Å². The minimum absolute atomic E-state index is 0.0119. The molecule has 0 heterocycles. The maximum atomic E-state index is 11.5. The minimum Gasteiger partial charge on any atom is -0.356 e. The van der Waals surface area contributed by atoms with Gasteiger partial charge in [0.2, 0.25) is 5.91 Å². The molecule has 1 aromatic carbocycles. The van der Waals surface area contributed by atoms with Crippen molar-refractivity contribution in [3.8, 4) is 0 Å². The average molecular weight is 241 g/mol. The summed E-state index contributed by atoms with van der Waals surface area (Å²) < 4.78 is 0. The molecule has 0 spiro atoms. The number of nitrogens with two attached hydrogens (primary N) is 1. The Labute approximate surface area is 101 Å². The quantitative estimate of drug-likeness (QED) is 0.826. The van der Waals surface area contributed by atoms with Crippen molar-refractivity contribution in [2.24, 2.45) is 5.73 Å². The van der Waals surface area contributed by atoms with Crippen molar-refractivity contribution in [2.45, 2.75) is 19.3 Å². The summed E-state index contributed by atoms with van der Waals surface area (Å²) in [4.78, 5) is 11.5. The van der Waals surface area contributed by atoms with Crippen LogP contribution in [0.25, 0.3) is 0 Å². The Balaban J connectivity index is 2.75. The third-order valence-electron chi connectivity index (χ3n) is 2.44. The fourth-order valence-corrected chi connectivity index (χ4v) is 1.91. The topological polar surface area (TPSA) is 55.1 Å². The van der Waals surface area contributed by atoms with Crippen molar-refractivity contribution in [1.29, 1.82) is 0 Å². The van der Waals surface area contributed by atoms with Gasteiger partial charge in [-0.2, -0.15) is 0 Å². The summed E-state index contributed by atoms with van der Waals surface area (Å²) in [5.41, 5.74) is 6.62. The second kappa shape index (κ2) is 6.51. The van der Waals surface area contributed by atoms with E-state index in [9.17, 15) is 4.79 Å². The number of rotatable bonds is 5. The Morgan fingerprint density at radius 3 is 2.75 bits per heavy atom. The zero-order valence-corrected chi connectivity index (χ0v) is 10.1. The van der Waals surface area contributed by atoms with E-state index in [4.69, 9.17) is 17.3 Å². The van der Waals surface area contributed by atoms with Gasteiger partial charge < -0.3 is 11.1 Å². The van der Waals surface area contributed by atoms with Gasteiger partial charge in [-0.1, -0.05) is 29.8 Å². The van der Waals surface area contributed by atoms with E-state index in [2.05, 4.69) is 5.32 Å². The molecule has 1 unspecified atom stereocenters. The molecule has 0 saturated heterocycles. The summed E-state index contributed by atoms with van der Waals surface area (Å²) in [5, 5.41) is 3.43. The Kier molecular flexibility index (Phi) is 5.29. The fraction of sp³-hybridized carbons (Fsp3) is 0.417. The number of amides is 1. The number of benzene rings is 1. The molecule has 1 aromatic rings. The maximum absolute atomic E-state index is 11.5. The third kappa shape index (κ3) is 3.51. The van der Waals surface area contributed by atoms with Gasteiger partial charge in [0.1, 0.15) is 0 Å². The molecule has 0 aromatic heterocycles. The van der Waals surface area contributed by atoms with E-state index >= 15 is 0 Å². The lowest BCUT2D eigenvalue weighted by Gasteiger charge is -2.15. The van der Waals surface area contributed by atoms with E-state index in [1.807, 2.05) is 31.2 Å². The van der Waals surface area contributed by atoms with Crippen LogP contribution in [0.1, 0.15) is 24.8 Å². The molecule has 16 heavy (non-hydrogen) atoms. The van der Waals surface area contributed by atoms with Crippen molar-refractivity contribution in [2.75, 3.05) is 13.1 Å². The van der Waals surface area contributed by atoms with Gasteiger partial charge in [0.05, 0.1) is 0 Å². The first-order chi connectivity index (χ1) is 7.69. The van der Waals surface area contributed by atoms with E-state index in [1.54, 1.807) is 0 Å². The van der Waals surface area contributed by atoms with Crippen LogP contribution in [0, 0.1) is 0 Å². The number of halogens is 1. The van der Waals surface area contributed by atoms with Gasteiger partial charge in [0.25, 0.3) is 0 Å². The lowest BCUT2D eigenvalue weighted by Crippen LogP contribution is -2.27. The van der Waals surface area contributed by atoms with E-state index in [0.29, 0.717) is 24.5 Å². The van der Waals surface area contributed by atoms with Crippen molar-refractivity contribution in [3.63, 3.8) is 0 Å². The summed E-state index contributed by atoms with van der Waals surface area (Å²) >= 11 is 6.07. The van der Waals surface area contributed by atoms with Crippen molar-refractivity contribution < 1.29 is 4.79 Å². The number of carbonyl (C=O) groups excluding carboxylic acids is 1. The second-order valence-electron chi connectivity index (χ2n) is 3.61. The van der Waals surface area contributed by atoms with Crippen LogP contribution in [0.2, 0.25) is 5.02 Å². The molecule has 0 aliphatic carbocycles. The molecule has 1 atom stereocenters. The molecule has 1 amide bonds. The summed E-state index contributed by atoms with van der Waals surface area (Å²) in [5.74, 6) is -0.00174. The van der Waals surface area contributed by atoms with E-state index in [0.717, 1.165) is 5.56 Å². The average Bonchev–Trinajstić information content (AvgIpc) is 2.27. The number of hydrogen-bond acceptors (Lipinski definition) is 2. The third-order valence-corrected chi connectivity index (χ3v) is 2.78. The molecule has 4 heteroatoms. The molecule has 0 saturated carbocycles. The molecule has 1 rings (SSSR count). The van der Waals surface area contributed by atoms with Crippen LogP contribution in [-0.2, 0) is 4.79 Å². The molecule has 3 nitrogen and oxygen atoms in total. The molecule has 0 bridgehead atoms. The first-order valence-corrected chi connectivity index (χ1v) is 5.78. The Bertz CT molecular complexity index is 355. The summed E-state index contributed by atoms with van der Waals surface area (Å²) in [7, 11) is 0. The lowest BCUT2D eigenvalue weighted by atomic mass is 9.95. The van der Waals surface area contributed by atoms with Crippen LogP contribution in [0.3, 0.4) is 0 Å². The largest absolute Gasteiger partial charge is 0.356 e. The van der Waals surface area contributed by atoms with E-state index in [-0.39, 0.29) is 11.8 Å². The Morgan fingerprint density at radius 2 is 2.19 bits per heavy atom. The van der Waals surface area contributed by atoms with Crippen LogP contribution >= 0.6 is 11.6 Å². The predicted molar refractivity (Wildman–Crippen MR) is 66.5 cm³/mol. The monoisotopic (exact) mass is 240 g/mol. The predicted octanol–water partition coefficient (Wildman–Crippen LogP) is 1.91. The van der Waals surface area contributed by atoms with E-state index in [1.165, 1.54) is 0 Å². The van der Waals surface area contributed by atoms with Gasteiger partial charge >= 0.3 is 0 Å². The van der Waals surface area contributed by atoms with Gasteiger partial charge in [0, 0.05) is 23.9 Å². The van der Waals surface area contributed by atoms with Crippen LogP contribution in [-0.4, -0.2) is 19.0 Å². The fourth-order valence-electron chi connectivity index (χ4n) is 1.62. The molecular formula is C12H17ClN2O. The second-order valence-corrected chi connectivity index (χ2v) is 4.02. The molecule has 3 N–H and O–H groups in total. The van der Waals surface area contributed by atoms with Crippen LogP contribution in [0.5, 0.6) is 0 Å². The van der Waals surface area contributed by atoms with Gasteiger partial charge in [-0.3, -0.25) is 4.79 Å². The van der Waals surface area contributed by atoms with E-state index < -0.39 is 0 Å².